The summed E-state index contributed by atoms with van der Waals surface area (Å²) in [4.78, 5) is 10.8. The first-order valence-corrected chi connectivity index (χ1v) is 9.65. The number of hydrogen-bond acceptors (Lipinski definition) is 2. The molecule has 22 heavy (non-hydrogen) atoms. The largest absolute Gasteiger partial charge is 0.481 e. The molecule has 0 spiro atoms. The van der Waals surface area contributed by atoms with E-state index < -0.39 is 5.97 Å². The van der Waals surface area contributed by atoms with Gasteiger partial charge in [0.25, 0.3) is 0 Å². The molecule has 0 aromatic carbocycles. The van der Waals surface area contributed by atoms with Gasteiger partial charge in [0.05, 0.1) is 5.92 Å². The van der Waals surface area contributed by atoms with Gasteiger partial charge >= 0.3 is 5.97 Å². The molecule has 0 bridgehead atoms. The van der Waals surface area contributed by atoms with E-state index in [1.54, 1.807) is 0 Å². The van der Waals surface area contributed by atoms with Crippen LogP contribution in [0.1, 0.15) is 103 Å². The molecule has 0 saturated carbocycles. The molecule has 1 unspecified atom stereocenters. The fourth-order valence-corrected chi connectivity index (χ4v) is 2.93. The molecule has 0 heterocycles. The third-order valence-corrected chi connectivity index (χ3v) is 4.54. The van der Waals surface area contributed by atoms with Crippen LogP contribution in [0.5, 0.6) is 0 Å². The minimum absolute atomic E-state index is 0.272. The Morgan fingerprint density at radius 1 is 0.773 bits per heavy atom. The fourth-order valence-electron chi connectivity index (χ4n) is 2.93. The second kappa shape index (κ2) is 16.8. The van der Waals surface area contributed by atoms with Gasteiger partial charge in [0.1, 0.15) is 0 Å². The first kappa shape index (κ1) is 21.4. The third kappa shape index (κ3) is 14.4. The molecule has 132 valence electrons. The van der Waals surface area contributed by atoms with E-state index >= 15 is 0 Å². The molecule has 0 aliphatic rings. The Kier molecular flexibility index (Phi) is 16.4. The predicted molar refractivity (Wildman–Crippen MR) is 95.1 cm³/mol. The molecule has 0 rings (SSSR count). The Labute approximate surface area is 138 Å². The first-order valence-electron chi connectivity index (χ1n) is 9.65. The van der Waals surface area contributed by atoms with Gasteiger partial charge in [-0.2, -0.15) is 0 Å². The van der Waals surface area contributed by atoms with Crippen LogP contribution in [0.3, 0.4) is 0 Å². The van der Waals surface area contributed by atoms with Crippen LogP contribution in [0.4, 0.5) is 0 Å². The number of carboxylic acid groups (broad SMARTS) is 1. The minimum Gasteiger partial charge on any atom is -0.481 e. The predicted octanol–water partition coefficient (Wildman–Crippen LogP) is 5.52. The van der Waals surface area contributed by atoms with Gasteiger partial charge in [0, 0.05) is 6.54 Å². The van der Waals surface area contributed by atoms with Crippen LogP contribution in [0.2, 0.25) is 0 Å². The van der Waals surface area contributed by atoms with Gasteiger partial charge in [-0.1, -0.05) is 96.8 Å². The number of carboxylic acids is 1. The summed E-state index contributed by atoms with van der Waals surface area (Å²) < 4.78 is 0. The highest BCUT2D eigenvalue weighted by molar-refractivity contribution is 5.70. The number of rotatable bonds is 17. The lowest BCUT2D eigenvalue weighted by atomic mass is 10.00. The van der Waals surface area contributed by atoms with Crippen LogP contribution in [-0.4, -0.2) is 17.6 Å². The molecule has 0 radical (unpaired) electrons. The fraction of sp³-hybridized carbons (Fsp3) is 0.947. The Bertz CT molecular complexity index is 244. The summed E-state index contributed by atoms with van der Waals surface area (Å²) in [6.07, 6.45) is 19.4. The summed E-state index contributed by atoms with van der Waals surface area (Å²) in [6.45, 7) is 2.54. The second-order valence-corrected chi connectivity index (χ2v) is 6.66. The second-order valence-electron chi connectivity index (χ2n) is 6.66. The molecular formula is C19H39NO2. The molecule has 0 aromatic rings. The van der Waals surface area contributed by atoms with Crippen molar-refractivity contribution in [3.05, 3.63) is 0 Å². The van der Waals surface area contributed by atoms with Gasteiger partial charge in [0.15, 0.2) is 0 Å². The summed E-state index contributed by atoms with van der Waals surface area (Å²) in [5.74, 6) is -1.07. The molecule has 0 aliphatic carbocycles. The van der Waals surface area contributed by atoms with E-state index in [2.05, 4.69) is 6.92 Å². The van der Waals surface area contributed by atoms with Gasteiger partial charge in [-0.25, -0.2) is 0 Å². The Balaban J connectivity index is 3.13. The van der Waals surface area contributed by atoms with Gasteiger partial charge in [-0.3, -0.25) is 4.79 Å². The summed E-state index contributed by atoms with van der Waals surface area (Å²) in [5.41, 5.74) is 5.45. The first-order chi connectivity index (χ1) is 10.7. The zero-order valence-corrected chi connectivity index (χ0v) is 14.8. The summed E-state index contributed by atoms with van der Waals surface area (Å²) >= 11 is 0. The highest BCUT2D eigenvalue weighted by Gasteiger charge is 2.13. The number of unbranched alkanes of at least 4 members (excludes halogenated alkanes) is 13. The van der Waals surface area contributed by atoms with Gasteiger partial charge < -0.3 is 10.8 Å². The van der Waals surface area contributed by atoms with Crippen molar-refractivity contribution in [2.45, 2.75) is 103 Å². The van der Waals surface area contributed by atoms with Crippen LogP contribution in [0, 0.1) is 5.92 Å². The average molecular weight is 314 g/mol. The maximum absolute atomic E-state index is 10.8. The van der Waals surface area contributed by atoms with E-state index in [0.29, 0.717) is 0 Å². The van der Waals surface area contributed by atoms with Crippen LogP contribution in [0.15, 0.2) is 0 Å². The Morgan fingerprint density at radius 3 is 1.45 bits per heavy atom. The highest BCUT2D eigenvalue weighted by atomic mass is 16.4. The van der Waals surface area contributed by atoms with Crippen molar-refractivity contribution in [2.75, 3.05) is 6.54 Å². The molecule has 0 amide bonds. The van der Waals surface area contributed by atoms with Crippen molar-refractivity contribution in [3.63, 3.8) is 0 Å². The van der Waals surface area contributed by atoms with Crippen LogP contribution in [0.25, 0.3) is 0 Å². The van der Waals surface area contributed by atoms with E-state index in [0.717, 1.165) is 19.3 Å². The van der Waals surface area contributed by atoms with E-state index in [4.69, 9.17) is 10.8 Å². The molecule has 3 heteroatoms. The van der Waals surface area contributed by atoms with E-state index in [-0.39, 0.29) is 12.5 Å². The quantitative estimate of drug-likeness (QED) is 0.348. The Hall–Kier alpha value is -0.570. The van der Waals surface area contributed by atoms with Crippen molar-refractivity contribution in [2.24, 2.45) is 11.7 Å². The molecule has 0 aromatic heterocycles. The maximum atomic E-state index is 10.8. The topological polar surface area (TPSA) is 63.3 Å². The standard InChI is InChI=1S/C19H39NO2/c1-2-3-4-5-6-7-8-9-10-11-12-13-14-15-16-18(17-20)19(21)22/h18H,2-17,20H2,1H3,(H,21,22). The maximum Gasteiger partial charge on any atom is 0.307 e. The SMILES string of the molecule is CCCCCCCCCCCCCCCCC(CN)C(=O)O. The number of aliphatic carboxylic acids is 1. The highest BCUT2D eigenvalue weighted by Crippen LogP contribution is 2.14. The van der Waals surface area contributed by atoms with Crippen LogP contribution in [-0.2, 0) is 4.79 Å². The Morgan fingerprint density at radius 2 is 1.14 bits per heavy atom. The lowest BCUT2D eigenvalue weighted by Crippen LogP contribution is -2.23. The zero-order valence-electron chi connectivity index (χ0n) is 14.8. The van der Waals surface area contributed by atoms with E-state index in [9.17, 15) is 4.79 Å². The lowest BCUT2D eigenvalue weighted by Gasteiger charge is -2.08. The van der Waals surface area contributed by atoms with Gasteiger partial charge in [-0.05, 0) is 6.42 Å². The summed E-state index contributed by atoms with van der Waals surface area (Å²) in [5, 5.41) is 8.90. The third-order valence-electron chi connectivity index (χ3n) is 4.54. The normalized spacial score (nSPS) is 12.5. The molecule has 3 N–H and O–H groups in total. The van der Waals surface area contributed by atoms with Crippen LogP contribution < -0.4 is 5.73 Å². The van der Waals surface area contributed by atoms with Crippen molar-refractivity contribution in [1.29, 1.82) is 0 Å². The number of hydrogen-bond donors (Lipinski definition) is 2. The number of carbonyl (C=O) groups is 1. The average Bonchev–Trinajstić information content (AvgIpc) is 2.51. The molecule has 0 saturated heterocycles. The molecule has 3 nitrogen and oxygen atoms in total. The van der Waals surface area contributed by atoms with Crippen molar-refractivity contribution < 1.29 is 9.90 Å². The minimum atomic E-state index is -0.739. The number of nitrogens with two attached hydrogens (primary N) is 1. The van der Waals surface area contributed by atoms with Gasteiger partial charge in [-0.15, -0.1) is 0 Å². The van der Waals surface area contributed by atoms with Crippen LogP contribution >= 0.6 is 0 Å². The van der Waals surface area contributed by atoms with E-state index in [1.165, 1.54) is 77.0 Å². The van der Waals surface area contributed by atoms with E-state index in [1.807, 2.05) is 0 Å². The monoisotopic (exact) mass is 313 g/mol. The molecule has 1 atom stereocenters. The smallest absolute Gasteiger partial charge is 0.307 e. The molecular weight excluding hydrogens is 274 g/mol. The van der Waals surface area contributed by atoms with Crippen molar-refractivity contribution in [1.82, 2.24) is 0 Å². The lowest BCUT2D eigenvalue weighted by molar-refractivity contribution is -0.141. The zero-order chi connectivity index (χ0) is 16.5. The summed E-state index contributed by atoms with van der Waals surface area (Å²) in [6, 6.07) is 0. The molecule has 0 fully saturated rings. The van der Waals surface area contributed by atoms with Crippen molar-refractivity contribution in [3.8, 4) is 0 Å². The molecule has 0 aliphatic heterocycles. The van der Waals surface area contributed by atoms with Crippen molar-refractivity contribution >= 4 is 5.97 Å². The summed E-state index contributed by atoms with van der Waals surface area (Å²) in [7, 11) is 0. The van der Waals surface area contributed by atoms with Gasteiger partial charge in [0.2, 0.25) is 0 Å².